The molecule has 1 heterocycles. The third-order valence-electron chi connectivity index (χ3n) is 3.05. The molecule has 1 atom stereocenters. The highest BCUT2D eigenvalue weighted by atomic mass is 19.4. The summed E-state index contributed by atoms with van der Waals surface area (Å²) >= 11 is 0. The number of rotatable bonds is 6. The molecule has 0 aliphatic heterocycles. The Kier molecular flexibility index (Phi) is 5.15. The summed E-state index contributed by atoms with van der Waals surface area (Å²) in [7, 11) is 1.60. The Bertz CT molecular complexity index is 459. The maximum Gasteiger partial charge on any atom is 0.435 e. The van der Waals surface area contributed by atoms with E-state index in [1.807, 2.05) is 0 Å². The fraction of sp³-hybridized carbons (Fsp3) is 0.667. The van der Waals surface area contributed by atoms with Gasteiger partial charge in [-0.3, -0.25) is 9.48 Å². The van der Waals surface area contributed by atoms with Crippen LogP contribution in [0.4, 0.5) is 13.2 Å². The SMILES string of the molecule is CCOC(=O)C(C)(CCn1ccc(C(F)(F)F)n1)NC. The van der Waals surface area contributed by atoms with Crippen molar-refractivity contribution in [3.63, 3.8) is 0 Å². The summed E-state index contributed by atoms with van der Waals surface area (Å²) in [6, 6.07) is 0.904. The van der Waals surface area contributed by atoms with Crippen LogP contribution in [0.1, 0.15) is 26.0 Å². The van der Waals surface area contributed by atoms with Crippen molar-refractivity contribution < 1.29 is 22.7 Å². The van der Waals surface area contributed by atoms with E-state index in [0.29, 0.717) is 0 Å². The summed E-state index contributed by atoms with van der Waals surface area (Å²) in [4.78, 5) is 11.8. The highest BCUT2D eigenvalue weighted by Gasteiger charge is 2.35. The van der Waals surface area contributed by atoms with E-state index in [0.717, 1.165) is 10.7 Å². The van der Waals surface area contributed by atoms with E-state index in [1.54, 1.807) is 20.9 Å². The normalized spacial score (nSPS) is 14.9. The Morgan fingerprint density at radius 3 is 2.60 bits per heavy atom. The molecule has 20 heavy (non-hydrogen) atoms. The van der Waals surface area contributed by atoms with Gasteiger partial charge in [0.05, 0.1) is 6.61 Å². The lowest BCUT2D eigenvalue weighted by Crippen LogP contribution is -2.49. The third-order valence-corrected chi connectivity index (χ3v) is 3.05. The highest BCUT2D eigenvalue weighted by molar-refractivity contribution is 5.80. The number of likely N-dealkylation sites (N-methyl/N-ethyl adjacent to an activating group) is 1. The minimum Gasteiger partial charge on any atom is -0.465 e. The monoisotopic (exact) mass is 293 g/mol. The molecule has 0 saturated heterocycles. The van der Waals surface area contributed by atoms with Crippen molar-refractivity contribution >= 4 is 5.97 Å². The molecule has 1 aromatic rings. The first-order chi connectivity index (χ1) is 9.23. The Balaban J connectivity index is 2.69. The van der Waals surface area contributed by atoms with Crippen LogP contribution in [-0.2, 0) is 22.3 Å². The maximum absolute atomic E-state index is 12.4. The molecular weight excluding hydrogens is 275 g/mol. The van der Waals surface area contributed by atoms with Crippen LogP contribution in [-0.4, -0.2) is 34.9 Å². The van der Waals surface area contributed by atoms with Crippen LogP contribution >= 0.6 is 0 Å². The lowest BCUT2D eigenvalue weighted by Gasteiger charge is -2.26. The number of alkyl halides is 3. The first kappa shape index (κ1) is 16.5. The zero-order valence-electron chi connectivity index (χ0n) is 11.6. The number of ether oxygens (including phenoxy) is 1. The first-order valence-corrected chi connectivity index (χ1v) is 6.19. The largest absolute Gasteiger partial charge is 0.465 e. The lowest BCUT2D eigenvalue weighted by atomic mass is 9.98. The number of aromatic nitrogens is 2. The van der Waals surface area contributed by atoms with Crippen molar-refractivity contribution in [3.05, 3.63) is 18.0 Å². The van der Waals surface area contributed by atoms with E-state index < -0.39 is 23.4 Å². The van der Waals surface area contributed by atoms with Crippen LogP contribution in [0.25, 0.3) is 0 Å². The number of hydrogen-bond acceptors (Lipinski definition) is 4. The average molecular weight is 293 g/mol. The number of aryl methyl sites for hydroxylation is 1. The van der Waals surface area contributed by atoms with E-state index >= 15 is 0 Å². The summed E-state index contributed by atoms with van der Waals surface area (Å²) in [5.74, 6) is -0.439. The summed E-state index contributed by atoms with van der Waals surface area (Å²) < 4.78 is 43.3. The molecule has 0 aromatic carbocycles. The van der Waals surface area contributed by atoms with E-state index in [9.17, 15) is 18.0 Å². The van der Waals surface area contributed by atoms with Crippen LogP contribution in [0.2, 0.25) is 0 Å². The zero-order chi connectivity index (χ0) is 15.4. The molecule has 0 amide bonds. The number of nitrogens with zero attached hydrogens (tertiary/aromatic N) is 2. The molecule has 8 heteroatoms. The molecule has 1 N–H and O–H groups in total. The van der Waals surface area contributed by atoms with Crippen molar-refractivity contribution in [2.75, 3.05) is 13.7 Å². The summed E-state index contributed by atoms with van der Waals surface area (Å²) in [6.45, 7) is 3.75. The quantitative estimate of drug-likeness (QED) is 0.813. The van der Waals surface area contributed by atoms with Gasteiger partial charge in [-0.2, -0.15) is 18.3 Å². The number of carbonyl (C=O) groups is 1. The molecular formula is C12H18F3N3O2. The van der Waals surface area contributed by atoms with Gasteiger partial charge in [-0.1, -0.05) is 0 Å². The van der Waals surface area contributed by atoms with Gasteiger partial charge in [-0.25, -0.2) is 0 Å². The smallest absolute Gasteiger partial charge is 0.435 e. The topological polar surface area (TPSA) is 56.2 Å². The Hall–Kier alpha value is -1.57. The van der Waals surface area contributed by atoms with Crippen LogP contribution in [0.3, 0.4) is 0 Å². The van der Waals surface area contributed by atoms with Gasteiger partial charge in [0, 0.05) is 12.7 Å². The van der Waals surface area contributed by atoms with Crippen LogP contribution in [0.15, 0.2) is 12.3 Å². The van der Waals surface area contributed by atoms with Gasteiger partial charge in [0.15, 0.2) is 5.69 Å². The predicted octanol–water partition coefficient (Wildman–Crippen LogP) is 1.83. The van der Waals surface area contributed by atoms with Gasteiger partial charge in [0.2, 0.25) is 0 Å². The molecule has 114 valence electrons. The standard InChI is InChI=1S/C12H18F3N3O2/c1-4-20-10(19)11(2,16-3)6-8-18-7-5-9(17-18)12(13,14)15/h5,7,16H,4,6,8H2,1-3H3. The molecule has 0 spiro atoms. The summed E-state index contributed by atoms with van der Waals surface area (Å²) in [5.41, 5.74) is -1.90. The molecule has 0 fully saturated rings. The predicted molar refractivity (Wildman–Crippen MR) is 65.9 cm³/mol. The number of halogens is 3. The van der Waals surface area contributed by atoms with E-state index in [4.69, 9.17) is 4.74 Å². The van der Waals surface area contributed by atoms with Crippen molar-refractivity contribution in [2.45, 2.75) is 38.5 Å². The van der Waals surface area contributed by atoms with Gasteiger partial charge >= 0.3 is 12.1 Å². The molecule has 0 saturated carbocycles. The summed E-state index contributed by atoms with van der Waals surface area (Å²) in [5, 5.41) is 6.27. The molecule has 0 bridgehead atoms. The Morgan fingerprint density at radius 1 is 1.50 bits per heavy atom. The van der Waals surface area contributed by atoms with Crippen LogP contribution < -0.4 is 5.32 Å². The van der Waals surface area contributed by atoms with Crippen LogP contribution in [0.5, 0.6) is 0 Å². The third kappa shape index (κ3) is 3.96. The molecule has 1 unspecified atom stereocenters. The van der Waals surface area contributed by atoms with Gasteiger partial charge in [0.25, 0.3) is 0 Å². The highest BCUT2D eigenvalue weighted by Crippen LogP contribution is 2.27. The minimum absolute atomic E-state index is 0.173. The average Bonchev–Trinajstić information content (AvgIpc) is 2.85. The van der Waals surface area contributed by atoms with Gasteiger partial charge in [0.1, 0.15) is 5.54 Å². The second-order valence-corrected chi connectivity index (χ2v) is 4.51. The van der Waals surface area contributed by atoms with Crippen molar-refractivity contribution in [3.8, 4) is 0 Å². The second kappa shape index (κ2) is 6.25. The molecule has 1 aromatic heterocycles. The molecule has 0 aliphatic rings. The van der Waals surface area contributed by atoms with E-state index in [1.165, 1.54) is 6.20 Å². The molecule has 1 rings (SSSR count). The first-order valence-electron chi connectivity index (χ1n) is 6.19. The molecule has 5 nitrogen and oxygen atoms in total. The Labute approximate surface area is 115 Å². The fourth-order valence-corrected chi connectivity index (χ4v) is 1.60. The fourth-order valence-electron chi connectivity index (χ4n) is 1.60. The van der Waals surface area contributed by atoms with Crippen molar-refractivity contribution in [1.82, 2.24) is 15.1 Å². The van der Waals surface area contributed by atoms with Gasteiger partial charge in [-0.05, 0) is 33.4 Å². The molecule has 0 aliphatic carbocycles. The van der Waals surface area contributed by atoms with Crippen molar-refractivity contribution in [1.29, 1.82) is 0 Å². The number of carbonyl (C=O) groups excluding carboxylic acids is 1. The number of hydrogen-bond donors (Lipinski definition) is 1. The van der Waals surface area contributed by atoms with E-state index in [-0.39, 0.29) is 19.6 Å². The zero-order valence-corrected chi connectivity index (χ0v) is 11.6. The van der Waals surface area contributed by atoms with Crippen molar-refractivity contribution in [2.24, 2.45) is 0 Å². The summed E-state index contributed by atoms with van der Waals surface area (Å²) in [6.07, 6.45) is -2.95. The van der Waals surface area contributed by atoms with Gasteiger partial charge in [-0.15, -0.1) is 0 Å². The molecule has 0 radical (unpaired) electrons. The minimum atomic E-state index is -4.46. The van der Waals surface area contributed by atoms with Crippen LogP contribution in [0, 0.1) is 0 Å². The number of nitrogens with one attached hydrogen (secondary N) is 1. The second-order valence-electron chi connectivity index (χ2n) is 4.51. The number of esters is 1. The van der Waals surface area contributed by atoms with Gasteiger partial charge < -0.3 is 10.1 Å². The maximum atomic E-state index is 12.4. The van der Waals surface area contributed by atoms with E-state index in [2.05, 4.69) is 10.4 Å². The Morgan fingerprint density at radius 2 is 2.15 bits per heavy atom. The lowest BCUT2D eigenvalue weighted by molar-refractivity contribution is -0.150.